The minimum atomic E-state index is -4.71. The number of carbonyl (C=O) groups is 1. The maximum atomic E-state index is 14.8. The number of benzene rings is 4. The van der Waals surface area contributed by atoms with Gasteiger partial charge < -0.3 is 25.4 Å². The summed E-state index contributed by atoms with van der Waals surface area (Å²) in [6.45, 7) is 4.66. The highest BCUT2D eigenvalue weighted by Gasteiger charge is 2.34. The lowest BCUT2D eigenvalue weighted by Crippen LogP contribution is -2.08. The molecule has 380 valence electrons. The molecule has 6 rings (SSSR count). The number of rotatable bonds is 9. The van der Waals surface area contributed by atoms with Gasteiger partial charge in [0.15, 0.2) is 39.1 Å². The zero-order chi connectivity index (χ0) is 52.0. The van der Waals surface area contributed by atoms with E-state index in [0.29, 0.717) is 47.4 Å². The van der Waals surface area contributed by atoms with Crippen molar-refractivity contribution in [2.75, 3.05) is 20.0 Å². The third-order valence-corrected chi connectivity index (χ3v) is 12.7. The van der Waals surface area contributed by atoms with Crippen LogP contribution < -0.4 is 15.2 Å². The molecule has 27 heteroatoms. The molecule has 6 aromatic rings. The summed E-state index contributed by atoms with van der Waals surface area (Å²) >= 11 is 24.0. The Morgan fingerprint density at radius 2 is 1.06 bits per heavy atom. The number of nitrogen functional groups attached to an aromatic ring is 1. The third-order valence-electron chi connectivity index (χ3n) is 8.87. The highest BCUT2D eigenvalue weighted by molar-refractivity contribution is 8.11. The number of aliphatic imine (C=N–C) groups is 1. The second-order valence-electron chi connectivity index (χ2n) is 13.6. The van der Waals surface area contributed by atoms with E-state index in [1.807, 2.05) is 0 Å². The number of carbonyl (C=O) groups excluding carboxylic acids is 1. The van der Waals surface area contributed by atoms with Crippen molar-refractivity contribution in [1.82, 2.24) is 19.6 Å². The van der Waals surface area contributed by atoms with Crippen LogP contribution in [-0.2, 0) is 12.4 Å². The van der Waals surface area contributed by atoms with Crippen molar-refractivity contribution in [2.24, 2.45) is 4.99 Å². The molecule has 0 amide bonds. The van der Waals surface area contributed by atoms with E-state index in [-0.39, 0.29) is 78.9 Å². The summed E-state index contributed by atoms with van der Waals surface area (Å²) in [4.78, 5) is 14.0. The van der Waals surface area contributed by atoms with E-state index in [9.17, 15) is 52.8 Å². The van der Waals surface area contributed by atoms with Gasteiger partial charge in [0.05, 0.1) is 78.6 Å². The predicted octanol–water partition coefficient (Wildman–Crippen LogP) is 15.2. The highest BCUT2D eigenvalue weighted by Crippen LogP contribution is 2.46. The molecule has 0 saturated carbocycles. The Morgan fingerprint density at radius 3 is 1.46 bits per heavy atom. The highest BCUT2D eigenvalue weighted by atomic mass is 35.5. The fourth-order valence-corrected chi connectivity index (χ4v) is 8.75. The summed E-state index contributed by atoms with van der Waals surface area (Å²) in [5.74, 6) is -0.152. The van der Waals surface area contributed by atoms with Crippen LogP contribution in [0.4, 0.5) is 54.5 Å². The number of hydrogen-bond donors (Lipinski definition) is 3. The van der Waals surface area contributed by atoms with Crippen molar-refractivity contribution in [3.05, 3.63) is 114 Å². The van der Waals surface area contributed by atoms with Gasteiger partial charge in [-0.15, -0.1) is 0 Å². The largest absolute Gasteiger partial charge is 0.504 e. The topological polar surface area (TPSA) is 150 Å². The Labute approximate surface area is 418 Å². The number of methoxy groups -OCH3 is 2. The van der Waals surface area contributed by atoms with Crippen molar-refractivity contribution in [1.29, 1.82) is 0 Å². The second kappa shape index (κ2) is 24.1. The lowest BCUT2D eigenvalue weighted by Gasteiger charge is -2.13. The van der Waals surface area contributed by atoms with Crippen LogP contribution in [0.1, 0.15) is 59.7 Å². The fourth-order valence-electron chi connectivity index (χ4n) is 5.72. The number of hydrogen-bond acceptors (Lipinski definition) is 9. The van der Waals surface area contributed by atoms with E-state index in [0.717, 1.165) is 23.2 Å². The summed E-state index contributed by atoms with van der Waals surface area (Å²) in [6.07, 6.45) is -7.40. The van der Waals surface area contributed by atoms with Gasteiger partial charge in [-0.1, -0.05) is 53.8 Å². The number of phenols is 2. The van der Waals surface area contributed by atoms with E-state index < -0.39 is 65.5 Å². The van der Waals surface area contributed by atoms with Crippen LogP contribution in [0.3, 0.4) is 0 Å². The third kappa shape index (κ3) is 13.7. The van der Waals surface area contributed by atoms with Crippen LogP contribution in [-0.4, -0.2) is 66.7 Å². The number of anilines is 1. The number of alkyl halides is 6. The van der Waals surface area contributed by atoms with Crippen molar-refractivity contribution in [3.8, 4) is 34.4 Å². The Kier molecular flexibility index (Phi) is 20.3. The summed E-state index contributed by atoms with van der Waals surface area (Å²) < 4.78 is 145. The first-order valence-electron chi connectivity index (χ1n) is 18.7. The monoisotopic (exact) mass is 1110 g/mol. The lowest BCUT2D eigenvalue weighted by atomic mass is 10.2. The molecule has 0 radical (unpaired) electrons. The van der Waals surface area contributed by atoms with Crippen molar-refractivity contribution in [3.63, 3.8) is 0 Å². The molecule has 2 unspecified atom stereocenters. The van der Waals surface area contributed by atoms with Crippen LogP contribution in [0.25, 0.3) is 11.4 Å². The number of nitrogens with zero attached hydrogens (tertiary/aromatic N) is 5. The van der Waals surface area contributed by atoms with Gasteiger partial charge in [-0.05, 0) is 93.9 Å². The second-order valence-corrected chi connectivity index (χ2v) is 18.2. The number of aromatic nitrogens is 4. The number of ether oxygens (including phenoxy) is 2. The molecule has 0 aliphatic heterocycles. The van der Waals surface area contributed by atoms with Gasteiger partial charge in [0.2, 0.25) is 0 Å². The molecule has 4 N–H and O–H groups in total. The number of aromatic hydroxyl groups is 2. The van der Waals surface area contributed by atoms with Crippen molar-refractivity contribution < 1.29 is 67.4 Å². The summed E-state index contributed by atoms with van der Waals surface area (Å²) in [5.41, 5.74) is 4.31. The lowest BCUT2D eigenvalue weighted by molar-refractivity contribution is -0.138. The Morgan fingerprint density at radius 1 is 0.686 bits per heavy atom. The Bertz CT molecular complexity index is 2960. The Hall–Kier alpha value is -5.46. The molecule has 0 bridgehead atoms. The van der Waals surface area contributed by atoms with Crippen LogP contribution in [0.2, 0.25) is 20.1 Å². The van der Waals surface area contributed by atoms with Gasteiger partial charge in [0, 0.05) is 11.8 Å². The predicted molar refractivity (Wildman–Crippen MR) is 257 cm³/mol. The number of aldehydes is 1. The SMILES string of the molecule is C.C/C(F)=S(\F)c1c(C)nn(-c2c(Cl)cc(C(F)(F)F)cc2Cl)c1N.COc1cc(C=Nc2c(/S(F)=C(\C)F)c(C)nn2-c2c(Cl)cc(C(F)(F)F)cc2Cl)ccc1O.COc1cc(C=O)ccc1O. The minimum absolute atomic E-state index is 0. The number of halogens is 14. The van der Waals surface area contributed by atoms with Gasteiger partial charge in [-0.25, -0.2) is 23.1 Å². The van der Waals surface area contributed by atoms with E-state index >= 15 is 0 Å². The first kappa shape index (κ1) is 58.9. The maximum absolute atomic E-state index is 14.8. The van der Waals surface area contributed by atoms with E-state index in [1.54, 1.807) is 0 Å². The fraction of sp³-hybridized carbons (Fsp3) is 0.209. The maximum Gasteiger partial charge on any atom is 0.416 e. The molecule has 70 heavy (non-hydrogen) atoms. The normalized spacial score (nSPS) is 12.7. The van der Waals surface area contributed by atoms with Crippen LogP contribution >= 0.6 is 68.1 Å². The number of aryl methyl sites for hydroxylation is 2. The smallest absolute Gasteiger partial charge is 0.416 e. The van der Waals surface area contributed by atoms with Gasteiger partial charge in [-0.3, -0.25) is 4.79 Å². The molecule has 0 aliphatic rings. The quantitative estimate of drug-likeness (QED) is 0.0426. The van der Waals surface area contributed by atoms with E-state index in [2.05, 4.69) is 15.2 Å². The van der Waals surface area contributed by atoms with Crippen LogP contribution in [0, 0.1) is 13.8 Å². The summed E-state index contributed by atoms with van der Waals surface area (Å²) in [7, 11) is -2.18. The molecule has 0 spiro atoms. The molecule has 0 saturated heterocycles. The zero-order valence-corrected chi connectivity index (χ0v) is 40.6. The summed E-state index contributed by atoms with van der Waals surface area (Å²) in [5, 5.41) is 23.2. The van der Waals surface area contributed by atoms with Crippen molar-refractivity contribution >= 4 is 103 Å². The molecule has 2 atom stereocenters. The molecule has 4 aromatic carbocycles. The van der Waals surface area contributed by atoms with Crippen molar-refractivity contribution in [2.45, 2.75) is 57.3 Å². The minimum Gasteiger partial charge on any atom is -0.504 e. The molecular weight excluding hydrogens is 1080 g/mol. The van der Waals surface area contributed by atoms with Crippen LogP contribution in [0.15, 0.2) is 75.4 Å². The molecule has 0 aliphatic carbocycles. The van der Waals surface area contributed by atoms with E-state index in [4.69, 9.17) is 66.7 Å². The van der Waals surface area contributed by atoms with Gasteiger partial charge in [0.1, 0.15) is 33.3 Å². The molecule has 0 fully saturated rings. The van der Waals surface area contributed by atoms with Gasteiger partial charge in [-0.2, -0.15) is 44.3 Å². The summed E-state index contributed by atoms with van der Waals surface area (Å²) in [6, 6.07) is 11.3. The molecular formula is C43H38Cl4F10N6O5S2. The number of nitrogens with two attached hydrogens (primary N) is 1. The molecule has 11 nitrogen and oxygen atoms in total. The molecule has 2 heterocycles. The van der Waals surface area contributed by atoms with Gasteiger partial charge in [0.25, 0.3) is 0 Å². The molecule has 2 aromatic heterocycles. The van der Waals surface area contributed by atoms with Crippen LogP contribution in [0.5, 0.6) is 23.0 Å². The van der Waals surface area contributed by atoms with Gasteiger partial charge >= 0.3 is 12.4 Å². The first-order valence-corrected chi connectivity index (χ1v) is 22.4. The first-order chi connectivity index (χ1) is 32.1. The Balaban J connectivity index is 0.000000311. The standard InChI is InChI=1S/C21H16Cl2F5N3O2S.C13H10Cl2F5N3S.C8H8O3.CH4/c1-10-19(34(28)11(2)24)20(29-9-12-4-5-16(32)17(6-12)33-3)31(30-10)18-14(22)7-13(8-15(18)23)21(25,26)27;1-5-11(24(20)6(2)16)12(21)23(22-5)10-8(14)3-7(4-9(10)15)13(17,18)19;1-11-8-4-6(5-9)2-3-7(8)10;/h4-9,32H,1-3H3;3-4H,21H2,1-2H3;2-5,10H,1H3;1H4. The average molecular weight is 1110 g/mol. The number of phenolic OH excluding ortho intramolecular Hbond substituents is 2. The average Bonchev–Trinajstić information content (AvgIpc) is 3.74. The zero-order valence-electron chi connectivity index (χ0n) is 36.0. The van der Waals surface area contributed by atoms with E-state index in [1.165, 1.54) is 70.7 Å².